The number of hydrogen-bond acceptors (Lipinski definition) is 4. The molecule has 1 aliphatic heterocycles. The third-order valence-electron chi connectivity index (χ3n) is 2.86. The number of nitrogens with one attached hydrogen (secondary N) is 1. The van der Waals surface area contributed by atoms with E-state index in [4.69, 9.17) is 4.74 Å². The maximum Gasteiger partial charge on any atom is 0.414 e. The lowest BCUT2D eigenvalue weighted by Crippen LogP contribution is -2.50. The average Bonchev–Trinajstić information content (AvgIpc) is 2.33. The molecule has 0 atom stereocenters. The molecule has 0 unspecified atom stereocenters. The van der Waals surface area contributed by atoms with Crippen molar-refractivity contribution in [1.82, 2.24) is 15.1 Å². The molecule has 7 heteroatoms. The van der Waals surface area contributed by atoms with Crippen LogP contribution in [0, 0.1) is 0 Å². The first-order chi connectivity index (χ1) is 10.3. The Labute approximate surface area is 137 Å². The van der Waals surface area contributed by atoms with Gasteiger partial charge in [0, 0.05) is 31.8 Å². The Hall–Kier alpha value is -2.05. The van der Waals surface area contributed by atoms with Gasteiger partial charge in [-0.1, -0.05) is 0 Å². The number of carbonyl (C=O) groups excluding carboxylic acids is 3. The molecule has 7 nitrogen and oxygen atoms in total. The molecule has 0 aromatic rings. The number of carbonyl (C=O) groups is 3. The molecular formula is C16H27N3O4. The van der Waals surface area contributed by atoms with Gasteiger partial charge in [0.25, 0.3) is 5.91 Å². The highest BCUT2D eigenvalue weighted by Crippen LogP contribution is 2.18. The molecule has 0 bridgehead atoms. The number of hydrogen-bond donors (Lipinski definition) is 1. The highest BCUT2D eigenvalue weighted by Gasteiger charge is 2.31. The molecule has 0 fully saturated rings. The van der Waals surface area contributed by atoms with Crippen molar-refractivity contribution in [3.63, 3.8) is 0 Å². The summed E-state index contributed by atoms with van der Waals surface area (Å²) in [6.45, 7) is 12.8. The van der Waals surface area contributed by atoms with Crippen molar-refractivity contribution >= 4 is 17.9 Å². The van der Waals surface area contributed by atoms with Crippen LogP contribution >= 0.6 is 0 Å². The highest BCUT2D eigenvalue weighted by molar-refractivity contribution is 5.98. The van der Waals surface area contributed by atoms with Crippen LogP contribution in [0.25, 0.3) is 0 Å². The molecule has 0 radical (unpaired) electrons. The fourth-order valence-corrected chi connectivity index (χ4v) is 1.99. The normalized spacial score (nSPS) is 15.9. The minimum Gasteiger partial charge on any atom is -0.443 e. The lowest BCUT2D eigenvalue weighted by molar-refractivity contribution is -0.132. The minimum absolute atomic E-state index is 0.143. The second kappa shape index (κ2) is 6.60. The summed E-state index contributed by atoms with van der Waals surface area (Å²) in [6, 6.07) is 0. The predicted molar refractivity (Wildman–Crippen MR) is 86.3 cm³/mol. The van der Waals surface area contributed by atoms with Gasteiger partial charge in [-0.05, 0) is 41.5 Å². The summed E-state index contributed by atoms with van der Waals surface area (Å²) in [7, 11) is 0. The van der Waals surface area contributed by atoms with E-state index in [9.17, 15) is 14.4 Å². The topological polar surface area (TPSA) is 79.0 Å². The number of ether oxygens (including phenoxy) is 1. The smallest absolute Gasteiger partial charge is 0.414 e. The third kappa shape index (κ3) is 5.92. The van der Waals surface area contributed by atoms with E-state index in [-0.39, 0.29) is 24.7 Å². The van der Waals surface area contributed by atoms with E-state index >= 15 is 0 Å². The first kappa shape index (κ1) is 19.0. The molecule has 0 saturated heterocycles. The Morgan fingerprint density at radius 3 is 2.09 bits per heavy atom. The second-order valence-electron chi connectivity index (χ2n) is 7.56. The van der Waals surface area contributed by atoms with Gasteiger partial charge in [-0.15, -0.1) is 0 Å². The molecule has 1 rings (SSSR count). The van der Waals surface area contributed by atoms with Crippen LogP contribution in [-0.4, -0.2) is 51.9 Å². The van der Waals surface area contributed by atoms with Crippen LogP contribution in [0.2, 0.25) is 0 Å². The van der Waals surface area contributed by atoms with Crippen molar-refractivity contribution in [2.45, 2.75) is 59.6 Å². The van der Waals surface area contributed by atoms with Crippen molar-refractivity contribution in [3.8, 4) is 0 Å². The van der Waals surface area contributed by atoms with Crippen molar-refractivity contribution < 1.29 is 19.1 Å². The largest absolute Gasteiger partial charge is 0.443 e. The van der Waals surface area contributed by atoms with Gasteiger partial charge in [-0.3, -0.25) is 14.5 Å². The zero-order valence-electron chi connectivity index (χ0n) is 15.0. The summed E-state index contributed by atoms with van der Waals surface area (Å²) in [5, 5.41) is 2.80. The molecule has 0 aromatic heterocycles. The molecule has 3 amide bonds. The molecule has 0 saturated carbocycles. The van der Waals surface area contributed by atoms with Gasteiger partial charge in [0.1, 0.15) is 11.3 Å². The fraction of sp³-hybridized carbons (Fsp3) is 0.688. The molecule has 0 aromatic carbocycles. The zero-order chi connectivity index (χ0) is 18.0. The van der Waals surface area contributed by atoms with Crippen molar-refractivity contribution in [2.75, 3.05) is 13.1 Å². The number of rotatable bonds is 1. The van der Waals surface area contributed by atoms with Gasteiger partial charge in [-0.25, -0.2) is 4.79 Å². The van der Waals surface area contributed by atoms with Gasteiger partial charge in [0.15, 0.2) is 0 Å². The van der Waals surface area contributed by atoms with E-state index in [0.717, 1.165) is 0 Å². The summed E-state index contributed by atoms with van der Waals surface area (Å²) in [6.07, 6.45) is 0.835. The van der Waals surface area contributed by atoms with E-state index in [1.54, 1.807) is 20.8 Å². The number of nitrogens with zero attached hydrogens (tertiary/aromatic N) is 2. The van der Waals surface area contributed by atoms with Crippen LogP contribution in [0.15, 0.2) is 11.9 Å². The zero-order valence-corrected chi connectivity index (χ0v) is 15.0. The van der Waals surface area contributed by atoms with Crippen LogP contribution < -0.4 is 5.32 Å². The first-order valence-corrected chi connectivity index (χ1v) is 7.62. The van der Waals surface area contributed by atoms with Crippen LogP contribution in [0.5, 0.6) is 0 Å². The molecule has 1 aliphatic rings. The Balaban J connectivity index is 3.04. The van der Waals surface area contributed by atoms with Gasteiger partial charge in [0.2, 0.25) is 5.91 Å². The van der Waals surface area contributed by atoms with E-state index in [1.165, 1.54) is 22.9 Å². The highest BCUT2D eigenvalue weighted by atomic mass is 16.6. The predicted octanol–water partition coefficient (Wildman–Crippen LogP) is 1.84. The number of amides is 3. The molecule has 0 spiro atoms. The standard InChI is InChI=1S/C16H27N3O4/c1-11(20)19-9-8-18(14(22)23-16(5,6)7)10-12(19)13(21)17-15(2,3)4/h10H,8-9H2,1-7H3,(H,17,21). The van der Waals surface area contributed by atoms with Crippen molar-refractivity contribution in [1.29, 1.82) is 0 Å². The Morgan fingerprint density at radius 1 is 1.09 bits per heavy atom. The SMILES string of the molecule is CC(=O)N1CCN(C(=O)OC(C)(C)C)C=C1C(=O)NC(C)(C)C. The third-order valence-corrected chi connectivity index (χ3v) is 2.86. The fourth-order valence-electron chi connectivity index (χ4n) is 1.99. The van der Waals surface area contributed by atoms with Gasteiger partial charge in [0.05, 0.1) is 0 Å². The maximum atomic E-state index is 12.4. The maximum absolute atomic E-state index is 12.4. The molecular weight excluding hydrogens is 298 g/mol. The average molecular weight is 325 g/mol. The van der Waals surface area contributed by atoms with Gasteiger partial charge in [-0.2, -0.15) is 0 Å². The summed E-state index contributed by atoms with van der Waals surface area (Å²) >= 11 is 0. The van der Waals surface area contributed by atoms with Crippen LogP contribution in [-0.2, 0) is 14.3 Å². The second-order valence-corrected chi connectivity index (χ2v) is 7.56. The van der Waals surface area contributed by atoms with E-state index in [1.807, 2.05) is 20.8 Å². The van der Waals surface area contributed by atoms with Crippen LogP contribution in [0.1, 0.15) is 48.5 Å². The quantitative estimate of drug-likeness (QED) is 0.798. The summed E-state index contributed by atoms with van der Waals surface area (Å²) in [4.78, 5) is 39.0. The van der Waals surface area contributed by atoms with Gasteiger partial charge >= 0.3 is 6.09 Å². The molecule has 23 heavy (non-hydrogen) atoms. The van der Waals surface area contributed by atoms with Crippen LogP contribution in [0.4, 0.5) is 4.79 Å². The first-order valence-electron chi connectivity index (χ1n) is 7.62. The molecule has 130 valence electrons. The monoisotopic (exact) mass is 325 g/mol. The van der Waals surface area contributed by atoms with E-state index in [2.05, 4.69) is 5.32 Å². The van der Waals surface area contributed by atoms with Gasteiger partial charge < -0.3 is 15.0 Å². The lowest BCUT2D eigenvalue weighted by atomic mass is 10.1. The summed E-state index contributed by atoms with van der Waals surface area (Å²) < 4.78 is 5.31. The Bertz CT molecular complexity index is 526. The minimum atomic E-state index is -0.629. The molecule has 1 N–H and O–H groups in total. The lowest BCUT2D eigenvalue weighted by Gasteiger charge is -2.34. The summed E-state index contributed by atoms with van der Waals surface area (Å²) in [5.41, 5.74) is -0.935. The van der Waals surface area contributed by atoms with E-state index < -0.39 is 23.1 Å². The van der Waals surface area contributed by atoms with E-state index in [0.29, 0.717) is 0 Å². The Morgan fingerprint density at radius 2 is 1.65 bits per heavy atom. The molecule has 1 heterocycles. The van der Waals surface area contributed by atoms with Crippen molar-refractivity contribution in [2.24, 2.45) is 0 Å². The molecule has 0 aliphatic carbocycles. The van der Waals surface area contributed by atoms with Crippen LogP contribution in [0.3, 0.4) is 0 Å². The van der Waals surface area contributed by atoms with Crippen molar-refractivity contribution in [3.05, 3.63) is 11.9 Å². The summed E-state index contributed by atoms with van der Waals surface area (Å²) in [5.74, 6) is -0.648. The Kier molecular flexibility index (Phi) is 5.45.